The van der Waals surface area contributed by atoms with Gasteiger partial charge in [0.05, 0.1) is 6.54 Å². The number of thiophene rings is 1. The molecule has 0 amide bonds. The van der Waals surface area contributed by atoms with E-state index in [4.69, 9.17) is 12.2 Å². The Morgan fingerprint density at radius 3 is 2.68 bits per heavy atom. The van der Waals surface area contributed by atoms with Gasteiger partial charge in [0.25, 0.3) is 0 Å². The molecule has 5 heteroatoms. The number of nitrogens with zero attached hydrogens (tertiary/aromatic N) is 2. The highest BCUT2D eigenvalue weighted by atomic mass is 32.1. The molecule has 0 fully saturated rings. The first-order valence-electron chi connectivity index (χ1n) is 6.98. The summed E-state index contributed by atoms with van der Waals surface area (Å²) < 4.78 is 3.96. The summed E-state index contributed by atoms with van der Waals surface area (Å²) >= 11 is 7.15. The van der Waals surface area contributed by atoms with Crippen LogP contribution in [0.25, 0.3) is 21.5 Å². The number of rotatable bonds is 3. The second kappa shape index (κ2) is 5.51. The smallest absolute Gasteiger partial charge is 0.195 e. The van der Waals surface area contributed by atoms with Crippen LogP contribution in [0.3, 0.4) is 0 Å². The van der Waals surface area contributed by atoms with Crippen molar-refractivity contribution in [2.24, 2.45) is 0 Å². The molecular weight excluding hydrogens is 310 g/mol. The van der Waals surface area contributed by atoms with Crippen molar-refractivity contribution in [2.45, 2.75) is 6.54 Å². The minimum absolute atomic E-state index is 0.647. The summed E-state index contributed by atoms with van der Waals surface area (Å²) in [5.74, 6) is 0.895. The summed E-state index contributed by atoms with van der Waals surface area (Å²) in [7, 11) is 0. The number of aromatic nitrogens is 3. The van der Waals surface area contributed by atoms with E-state index in [1.807, 2.05) is 18.2 Å². The van der Waals surface area contributed by atoms with E-state index < -0.39 is 0 Å². The van der Waals surface area contributed by atoms with Crippen molar-refractivity contribution in [3.05, 3.63) is 70.3 Å². The molecule has 0 radical (unpaired) electrons. The average molecular weight is 323 g/mol. The van der Waals surface area contributed by atoms with Crippen LogP contribution >= 0.6 is 23.6 Å². The second-order valence-corrected chi connectivity index (χ2v) is 6.37. The predicted octanol–water partition coefficient (Wildman–Crippen LogP) is 4.87. The lowest BCUT2D eigenvalue weighted by atomic mass is 10.1. The van der Waals surface area contributed by atoms with Crippen LogP contribution in [0.15, 0.2) is 60.0 Å². The fourth-order valence-corrected chi connectivity index (χ4v) is 3.72. The summed E-state index contributed by atoms with van der Waals surface area (Å²) in [6, 6.07) is 18.7. The van der Waals surface area contributed by atoms with E-state index in [0.717, 1.165) is 17.9 Å². The fraction of sp³-hybridized carbons (Fsp3) is 0.0588. The molecule has 0 saturated heterocycles. The lowest BCUT2D eigenvalue weighted by Gasteiger charge is -2.06. The third-order valence-electron chi connectivity index (χ3n) is 3.66. The Bertz CT molecular complexity index is 980. The van der Waals surface area contributed by atoms with Crippen LogP contribution in [0.1, 0.15) is 5.56 Å². The van der Waals surface area contributed by atoms with Crippen molar-refractivity contribution >= 4 is 33.6 Å². The predicted molar refractivity (Wildman–Crippen MR) is 93.8 cm³/mol. The molecule has 2 heterocycles. The monoisotopic (exact) mass is 323 g/mol. The summed E-state index contributed by atoms with van der Waals surface area (Å²) in [6.07, 6.45) is 0. The fourth-order valence-electron chi connectivity index (χ4n) is 2.59. The average Bonchev–Trinajstić information content (AvgIpc) is 3.13. The number of benzene rings is 2. The van der Waals surface area contributed by atoms with Crippen LogP contribution in [-0.4, -0.2) is 14.8 Å². The van der Waals surface area contributed by atoms with Gasteiger partial charge >= 0.3 is 0 Å². The number of fused-ring (bicyclic) bond motifs is 1. The zero-order chi connectivity index (χ0) is 14.9. The molecule has 0 spiro atoms. The van der Waals surface area contributed by atoms with Gasteiger partial charge in [-0.2, -0.15) is 5.10 Å². The van der Waals surface area contributed by atoms with Crippen LogP contribution in [0.5, 0.6) is 0 Å². The van der Waals surface area contributed by atoms with Gasteiger partial charge < -0.3 is 0 Å². The van der Waals surface area contributed by atoms with Crippen molar-refractivity contribution in [3.63, 3.8) is 0 Å². The van der Waals surface area contributed by atoms with Crippen molar-refractivity contribution < 1.29 is 0 Å². The van der Waals surface area contributed by atoms with Gasteiger partial charge in [-0.25, -0.2) is 0 Å². The van der Waals surface area contributed by atoms with Gasteiger partial charge in [-0.3, -0.25) is 9.67 Å². The van der Waals surface area contributed by atoms with Gasteiger partial charge in [0.2, 0.25) is 0 Å². The van der Waals surface area contributed by atoms with Crippen LogP contribution in [0, 0.1) is 4.77 Å². The molecule has 3 nitrogen and oxygen atoms in total. The third kappa shape index (κ3) is 2.28. The molecular formula is C17H13N3S2. The largest absolute Gasteiger partial charge is 0.296 e. The number of nitrogens with one attached hydrogen (secondary N) is 1. The highest BCUT2D eigenvalue weighted by molar-refractivity contribution is 7.71. The minimum Gasteiger partial charge on any atom is -0.296 e. The maximum absolute atomic E-state index is 5.42. The Kier molecular flexibility index (Phi) is 3.36. The van der Waals surface area contributed by atoms with Gasteiger partial charge in [-0.1, -0.05) is 48.5 Å². The van der Waals surface area contributed by atoms with Crippen LogP contribution < -0.4 is 0 Å². The van der Waals surface area contributed by atoms with Crippen LogP contribution in [-0.2, 0) is 6.54 Å². The molecule has 4 rings (SSSR count). The van der Waals surface area contributed by atoms with Crippen molar-refractivity contribution in [2.75, 3.05) is 0 Å². The van der Waals surface area contributed by atoms with Crippen molar-refractivity contribution in [3.8, 4) is 11.4 Å². The maximum Gasteiger partial charge on any atom is 0.195 e. The lowest BCUT2D eigenvalue weighted by Crippen LogP contribution is -2.02. The molecule has 22 heavy (non-hydrogen) atoms. The van der Waals surface area contributed by atoms with E-state index in [0.29, 0.717) is 4.77 Å². The molecule has 2 aromatic heterocycles. The van der Waals surface area contributed by atoms with Crippen LogP contribution in [0.2, 0.25) is 0 Å². The van der Waals surface area contributed by atoms with Gasteiger partial charge in [0.15, 0.2) is 10.6 Å². The highest BCUT2D eigenvalue weighted by Crippen LogP contribution is 2.33. The van der Waals surface area contributed by atoms with E-state index in [2.05, 4.69) is 56.5 Å². The highest BCUT2D eigenvalue weighted by Gasteiger charge is 2.13. The minimum atomic E-state index is 0.647. The lowest BCUT2D eigenvalue weighted by molar-refractivity contribution is 0.791. The van der Waals surface area contributed by atoms with Crippen molar-refractivity contribution in [1.29, 1.82) is 0 Å². The Labute approximate surface area is 136 Å². The first-order chi connectivity index (χ1) is 10.8. The van der Waals surface area contributed by atoms with E-state index in [9.17, 15) is 0 Å². The van der Waals surface area contributed by atoms with Gasteiger partial charge in [0.1, 0.15) is 0 Å². The first-order valence-corrected chi connectivity index (χ1v) is 8.27. The second-order valence-electron chi connectivity index (χ2n) is 5.07. The summed E-state index contributed by atoms with van der Waals surface area (Å²) in [6.45, 7) is 0.718. The topological polar surface area (TPSA) is 33.6 Å². The SMILES string of the molecule is S=c1[nH]nc(-c2csc3ccccc23)n1Cc1ccccc1. The Morgan fingerprint density at radius 1 is 1.05 bits per heavy atom. The first kappa shape index (κ1) is 13.4. The Balaban J connectivity index is 1.85. The number of hydrogen-bond donors (Lipinski definition) is 1. The van der Waals surface area contributed by atoms with Crippen LogP contribution in [0.4, 0.5) is 0 Å². The number of hydrogen-bond acceptors (Lipinski definition) is 3. The van der Waals surface area contributed by atoms with Gasteiger partial charge in [-0.15, -0.1) is 11.3 Å². The van der Waals surface area contributed by atoms with E-state index >= 15 is 0 Å². The summed E-state index contributed by atoms with van der Waals surface area (Å²) in [5.41, 5.74) is 2.34. The normalized spacial score (nSPS) is 11.1. The maximum atomic E-state index is 5.42. The number of H-pyrrole nitrogens is 1. The quantitative estimate of drug-likeness (QED) is 0.546. The molecule has 0 unspecified atom stereocenters. The molecule has 1 N–H and O–H groups in total. The molecule has 2 aromatic carbocycles. The summed E-state index contributed by atoms with van der Waals surface area (Å²) in [5, 5.41) is 10.8. The zero-order valence-electron chi connectivity index (χ0n) is 11.7. The molecule has 4 aromatic rings. The molecule has 108 valence electrons. The van der Waals surface area contributed by atoms with E-state index in [-0.39, 0.29) is 0 Å². The summed E-state index contributed by atoms with van der Waals surface area (Å²) in [4.78, 5) is 0. The molecule has 0 aliphatic rings. The molecule has 0 saturated carbocycles. The third-order valence-corrected chi connectivity index (χ3v) is 4.94. The van der Waals surface area contributed by atoms with E-state index in [1.54, 1.807) is 11.3 Å². The van der Waals surface area contributed by atoms with Crippen molar-refractivity contribution in [1.82, 2.24) is 14.8 Å². The standard InChI is InChI=1S/C17H13N3S2/c21-17-19-18-16(20(17)10-12-6-2-1-3-7-12)14-11-22-15-9-5-4-8-13(14)15/h1-9,11H,10H2,(H,19,21). The Morgan fingerprint density at radius 2 is 1.82 bits per heavy atom. The molecule has 0 aliphatic heterocycles. The van der Waals surface area contributed by atoms with E-state index in [1.165, 1.54) is 15.6 Å². The zero-order valence-corrected chi connectivity index (χ0v) is 13.3. The number of aromatic amines is 1. The molecule has 0 atom stereocenters. The molecule has 0 aliphatic carbocycles. The van der Waals surface area contributed by atoms with Gasteiger partial charge in [-0.05, 0) is 23.8 Å². The van der Waals surface area contributed by atoms with Gasteiger partial charge in [0, 0.05) is 21.0 Å². The Hall–Kier alpha value is -2.24. The molecule has 0 bridgehead atoms.